The third kappa shape index (κ3) is 5.55. The highest BCUT2D eigenvalue weighted by Gasteiger charge is 2.30. The molecule has 2 aromatic rings. The molecule has 1 aliphatic rings. The maximum atomic E-state index is 14.8. The maximum Gasteiger partial charge on any atom is 0.416 e. The molecule has 1 unspecified atom stereocenters. The van der Waals surface area contributed by atoms with Crippen LogP contribution in [0.15, 0.2) is 42.5 Å². The smallest absolute Gasteiger partial charge is 0.368 e. The molecule has 1 heterocycles. The zero-order valence-corrected chi connectivity index (χ0v) is 17.9. The van der Waals surface area contributed by atoms with Gasteiger partial charge in [-0.15, -0.1) is 0 Å². The van der Waals surface area contributed by atoms with Crippen molar-refractivity contribution in [3.63, 3.8) is 0 Å². The Morgan fingerprint density at radius 1 is 1.10 bits per heavy atom. The maximum absolute atomic E-state index is 14.8. The molecule has 31 heavy (non-hydrogen) atoms. The normalized spacial score (nSPS) is 16.8. The second-order valence-corrected chi connectivity index (χ2v) is 8.14. The van der Waals surface area contributed by atoms with Crippen molar-refractivity contribution < 1.29 is 22.4 Å². The van der Waals surface area contributed by atoms with Crippen LogP contribution in [0.25, 0.3) is 0 Å². The fourth-order valence-corrected chi connectivity index (χ4v) is 3.77. The summed E-state index contributed by atoms with van der Waals surface area (Å²) in [4.78, 5) is 18.0. The van der Waals surface area contributed by atoms with Crippen molar-refractivity contribution in [1.29, 1.82) is 0 Å². The predicted octanol–water partition coefficient (Wildman–Crippen LogP) is 4.58. The van der Waals surface area contributed by atoms with Crippen LogP contribution in [0.3, 0.4) is 0 Å². The zero-order chi connectivity index (χ0) is 22.8. The molecule has 2 aromatic carbocycles. The number of likely N-dealkylation sites (N-methyl/N-ethyl adjacent to an activating group) is 1. The lowest BCUT2D eigenvalue weighted by Gasteiger charge is -2.23. The number of amides is 1. The van der Waals surface area contributed by atoms with Crippen LogP contribution in [0.5, 0.6) is 0 Å². The first-order chi connectivity index (χ1) is 14.6. The van der Waals surface area contributed by atoms with Gasteiger partial charge in [-0.05, 0) is 62.8 Å². The molecule has 168 valence electrons. The first kappa shape index (κ1) is 23.1. The topological polar surface area (TPSA) is 26.8 Å². The molecule has 0 radical (unpaired) electrons. The molecule has 8 heteroatoms. The number of halogens is 4. The van der Waals surface area contributed by atoms with Crippen LogP contribution in [0, 0.1) is 5.82 Å². The van der Waals surface area contributed by atoms with Crippen LogP contribution in [-0.2, 0) is 17.4 Å². The highest BCUT2D eigenvalue weighted by Crippen LogP contribution is 2.30. The number of aryl methyl sites for hydroxylation is 1. The number of carbonyl (C=O) groups excluding carboxylic acids is 1. The number of nitrogens with zero attached hydrogens (tertiary/aromatic N) is 3. The lowest BCUT2D eigenvalue weighted by molar-refractivity contribution is -0.137. The van der Waals surface area contributed by atoms with E-state index in [2.05, 4.69) is 4.90 Å². The summed E-state index contributed by atoms with van der Waals surface area (Å²) < 4.78 is 52.7. The van der Waals surface area contributed by atoms with Gasteiger partial charge in [-0.1, -0.05) is 12.1 Å². The molecule has 0 saturated carbocycles. The van der Waals surface area contributed by atoms with Crippen molar-refractivity contribution >= 4 is 17.3 Å². The average molecular weight is 437 g/mol. The van der Waals surface area contributed by atoms with Gasteiger partial charge in [-0.25, -0.2) is 4.39 Å². The summed E-state index contributed by atoms with van der Waals surface area (Å²) in [5.41, 5.74) is 0.895. The van der Waals surface area contributed by atoms with Gasteiger partial charge in [0.1, 0.15) is 5.82 Å². The molecular weight excluding hydrogens is 410 g/mol. The largest absolute Gasteiger partial charge is 0.416 e. The molecule has 1 atom stereocenters. The van der Waals surface area contributed by atoms with E-state index in [0.717, 1.165) is 31.6 Å². The standard InChI is InChI=1S/C23H27F4N3O/c1-28(2)19-12-13-30(15-19)21-10-9-18(14-20(21)24)29(3)22(31)11-6-16-4-7-17(8-5-16)23(25,26)27/h4-5,7-10,14,19H,6,11-13,15H2,1-3H3. The molecule has 0 N–H and O–H groups in total. The summed E-state index contributed by atoms with van der Waals surface area (Å²) in [6.45, 7) is 1.53. The molecule has 1 amide bonds. The van der Waals surface area contributed by atoms with Gasteiger partial charge in [0.25, 0.3) is 0 Å². The van der Waals surface area contributed by atoms with Crippen LogP contribution in [-0.4, -0.2) is 51.1 Å². The minimum atomic E-state index is -4.38. The molecule has 0 bridgehead atoms. The van der Waals surface area contributed by atoms with E-state index >= 15 is 0 Å². The Balaban J connectivity index is 1.60. The van der Waals surface area contributed by atoms with E-state index < -0.39 is 11.7 Å². The van der Waals surface area contributed by atoms with Gasteiger partial charge >= 0.3 is 6.18 Å². The van der Waals surface area contributed by atoms with Crippen molar-refractivity contribution in [2.24, 2.45) is 0 Å². The Kier molecular flexibility index (Phi) is 6.89. The van der Waals surface area contributed by atoms with Crippen LogP contribution in [0.2, 0.25) is 0 Å². The summed E-state index contributed by atoms with van der Waals surface area (Å²) in [5, 5.41) is 0. The van der Waals surface area contributed by atoms with Crippen molar-refractivity contribution in [3.8, 4) is 0 Å². The number of anilines is 2. The molecule has 4 nitrogen and oxygen atoms in total. The minimum absolute atomic E-state index is 0.113. The number of benzene rings is 2. The highest BCUT2D eigenvalue weighted by molar-refractivity contribution is 5.93. The second kappa shape index (κ2) is 9.26. The number of hydrogen-bond acceptors (Lipinski definition) is 3. The fraction of sp³-hybridized carbons (Fsp3) is 0.435. The van der Waals surface area contributed by atoms with Crippen molar-refractivity contribution in [1.82, 2.24) is 4.90 Å². The first-order valence-corrected chi connectivity index (χ1v) is 10.2. The van der Waals surface area contributed by atoms with Gasteiger partial charge in [0.15, 0.2) is 0 Å². The van der Waals surface area contributed by atoms with Gasteiger partial charge < -0.3 is 14.7 Å². The summed E-state index contributed by atoms with van der Waals surface area (Å²) in [5.74, 6) is -0.611. The molecule has 1 aliphatic heterocycles. The number of rotatable bonds is 6. The van der Waals surface area contributed by atoms with Crippen LogP contribution in [0.4, 0.5) is 28.9 Å². The Hall–Kier alpha value is -2.61. The second-order valence-electron chi connectivity index (χ2n) is 8.14. The molecular formula is C23H27F4N3O. The van der Waals surface area contributed by atoms with Crippen LogP contribution < -0.4 is 9.80 Å². The predicted molar refractivity (Wildman–Crippen MR) is 114 cm³/mol. The third-order valence-electron chi connectivity index (χ3n) is 5.84. The summed E-state index contributed by atoms with van der Waals surface area (Å²) >= 11 is 0. The quantitative estimate of drug-likeness (QED) is 0.619. The average Bonchev–Trinajstić information content (AvgIpc) is 3.21. The molecule has 3 rings (SSSR count). The van der Waals surface area contributed by atoms with Crippen molar-refractivity contribution in [2.75, 3.05) is 44.0 Å². The molecule has 1 saturated heterocycles. The van der Waals surface area contributed by atoms with E-state index in [9.17, 15) is 22.4 Å². The Bertz CT molecular complexity index is 912. The van der Waals surface area contributed by atoms with E-state index in [1.54, 1.807) is 19.2 Å². The van der Waals surface area contributed by atoms with Gasteiger partial charge in [0, 0.05) is 38.3 Å². The molecule has 0 aliphatic carbocycles. The molecule has 0 aromatic heterocycles. The SMILES string of the molecule is CN(C(=O)CCc1ccc(C(F)(F)F)cc1)c1ccc(N2CCC(N(C)C)C2)c(F)c1. The van der Waals surface area contributed by atoms with Gasteiger partial charge in [-0.3, -0.25) is 4.79 Å². The summed E-state index contributed by atoms with van der Waals surface area (Å²) in [6.07, 6.45) is -2.99. The lowest BCUT2D eigenvalue weighted by Crippen LogP contribution is -2.31. The fourth-order valence-electron chi connectivity index (χ4n) is 3.77. The van der Waals surface area contributed by atoms with Crippen LogP contribution in [0.1, 0.15) is 24.0 Å². The molecule has 1 fully saturated rings. The van der Waals surface area contributed by atoms with E-state index in [1.165, 1.54) is 23.1 Å². The minimum Gasteiger partial charge on any atom is -0.368 e. The van der Waals surface area contributed by atoms with E-state index in [4.69, 9.17) is 0 Å². The van der Waals surface area contributed by atoms with E-state index in [1.807, 2.05) is 19.0 Å². The van der Waals surface area contributed by atoms with Gasteiger partial charge in [0.05, 0.1) is 11.3 Å². The van der Waals surface area contributed by atoms with E-state index in [-0.39, 0.29) is 18.1 Å². The summed E-state index contributed by atoms with van der Waals surface area (Å²) in [6, 6.07) is 9.93. The lowest BCUT2D eigenvalue weighted by atomic mass is 10.1. The summed E-state index contributed by atoms with van der Waals surface area (Å²) in [7, 11) is 5.60. The van der Waals surface area contributed by atoms with Crippen molar-refractivity contribution in [3.05, 3.63) is 59.4 Å². The highest BCUT2D eigenvalue weighted by atomic mass is 19.4. The number of alkyl halides is 3. The third-order valence-corrected chi connectivity index (χ3v) is 5.84. The number of carbonyl (C=O) groups is 1. The van der Waals surface area contributed by atoms with Gasteiger partial charge in [-0.2, -0.15) is 13.2 Å². The van der Waals surface area contributed by atoms with E-state index in [0.29, 0.717) is 29.4 Å². The molecule has 0 spiro atoms. The van der Waals surface area contributed by atoms with Gasteiger partial charge in [0.2, 0.25) is 5.91 Å². The van der Waals surface area contributed by atoms with Crippen LogP contribution >= 0.6 is 0 Å². The Morgan fingerprint density at radius 2 is 1.77 bits per heavy atom. The Labute approximate surface area is 180 Å². The van der Waals surface area contributed by atoms with Crippen molar-refractivity contribution in [2.45, 2.75) is 31.5 Å². The number of hydrogen-bond donors (Lipinski definition) is 0. The monoisotopic (exact) mass is 437 g/mol. The first-order valence-electron chi connectivity index (χ1n) is 10.2. The Morgan fingerprint density at radius 3 is 2.32 bits per heavy atom. The zero-order valence-electron chi connectivity index (χ0n) is 17.9.